The van der Waals surface area contributed by atoms with E-state index in [1.54, 1.807) is 26.8 Å². The number of carbonyl (C=O) groups excluding carboxylic acids is 1. The molecular weight excluding hydrogens is 294 g/mol. The van der Waals surface area contributed by atoms with Gasteiger partial charge in [0.1, 0.15) is 5.60 Å². The van der Waals surface area contributed by atoms with E-state index in [1.807, 2.05) is 0 Å². The molecule has 1 atom stereocenters. The van der Waals surface area contributed by atoms with Gasteiger partial charge in [0.15, 0.2) is 0 Å². The number of halogens is 1. The average molecular weight is 316 g/mol. The summed E-state index contributed by atoms with van der Waals surface area (Å²) >= 11 is 6.13. The highest BCUT2D eigenvalue weighted by atomic mass is 35.5. The highest BCUT2D eigenvalue weighted by molar-refractivity contribution is 6.31. The smallest absolute Gasteiger partial charge is 0.407 e. The van der Waals surface area contributed by atoms with Gasteiger partial charge in [-0.25, -0.2) is 9.78 Å². The zero-order valence-electron chi connectivity index (χ0n) is 12.8. The Balaban J connectivity index is 2.73. The van der Waals surface area contributed by atoms with Gasteiger partial charge in [-0.05, 0) is 26.3 Å². The second-order valence-electron chi connectivity index (χ2n) is 5.56. The van der Waals surface area contributed by atoms with Crippen molar-refractivity contribution in [3.05, 3.63) is 22.8 Å². The summed E-state index contributed by atoms with van der Waals surface area (Å²) in [5.74, 6) is 0.298. The van der Waals surface area contributed by atoms with E-state index < -0.39 is 11.7 Å². The number of alkyl carbamates (subject to hydrolysis) is 1. The largest absolute Gasteiger partial charge is 0.481 e. The zero-order valence-corrected chi connectivity index (χ0v) is 13.5. The van der Waals surface area contributed by atoms with Crippen LogP contribution in [0.1, 0.15) is 32.3 Å². The highest BCUT2D eigenvalue weighted by Gasteiger charge is 2.19. The molecule has 0 saturated carbocycles. The van der Waals surface area contributed by atoms with E-state index in [0.29, 0.717) is 24.0 Å². The van der Waals surface area contributed by atoms with Crippen LogP contribution in [0.4, 0.5) is 4.79 Å². The molecule has 1 heterocycles. The topological polar surface area (TPSA) is 86.5 Å². The van der Waals surface area contributed by atoms with Crippen molar-refractivity contribution in [3.8, 4) is 5.88 Å². The number of rotatable bonds is 5. The molecule has 1 amide bonds. The fourth-order valence-corrected chi connectivity index (χ4v) is 1.96. The molecule has 21 heavy (non-hydrogen) atoms. The molecule has 1 unspecified atom stereocenters. The number of amides is 1. The predicted molar refractivity (Wildman–Crippen MR) is 81.8 cm³/mol. The summed E-state index contributed by atoms with van der Waals surface area (Å²) in [5.41, 5.74) is 6.00. The summed E-state index contributed by atoms with van der Waals surface area (Å²) in [6, 6.07) is 1.72. The third kappa shape index (κ3) is 5.77. The number of carbonyl (C=O) groups is 1. The predicted octanol–water partition coefficient (Wildman–Crippen LogP) is 2.31. The Kier molecular flexibility index (Phi) is 6.23. The van der Waals surface area contributed by atoms with Crippen LogP contribution in [0.3, 0.4) is 0 Å². The number of methoxy groups -OCH3 is 1. The average Bonchev–Trinajstić information content (AvgIpc) is 2.39. The first kappa shape index (κ1) is 17.5. The van der Waals surface area contributed by atoms with Gasteiger partial charge >= 0.3 is 6.09 Å². The summed E-state index contributed by atoms with van der Waals surface area (Å²) in [6.45, 7) is 6.05. The minimum absolute atomic E-state index is 0.151. The summed E-state index contributed by atoms with van der Waals surface area (Å²) < 4.78 is 10.3. The van der Waals surface area contributed by atoms with E-state index in [2.05, 4.69) is 10.3 Å². The molecule has 1 rings (SSSR count). The molecule has 0 bridgehead atoms. The summed E-state index contributed by atoms with van der Waals surface area (Å²) in [7, 11) is 1.52. The maximum absolute atomic E-state index is 11.7. The van der Waals surface area contributed by atoms with Crippen LogP contribution in [0.15, 0.2) is 12.3 Å². The fraction of sp³-hybridized carbons (Fsp3) is 0.571. The molecule has 0 fully saturated rings. The van der Waals surface area contributed by atoms with Crippen molar-refractivity contribution in [1.82, 2.24) is 10.3 Å². The maximum Gasteiger partial charge on any atom is 0.407 e. The molecule has 3 N–H and O–H groups in total. The molecular formula is C14H22ClN3O3. The van der Waals surface area contributed by atoms with E-state index in [1.165, 1.54) is 13.3 Å². The molecule has 0 aliphatic carbocycles. The van der Waals surface area contributed by atoms with E-state index in [-0.39, 0.29) is 5.92 Å². The van der Waals surface area contributed by atoms with Crippen LogP contribution < -0.4 is 15.8 Å². The number of nitrogens with zero attached hydrogens (tertiary/aromatic N) is 1. The van der Waals surface area contributed by atoms with Crippen LogP contribution in [0.5, 0.6) is 5.88 Å². The Labute approximate surface area is 130 Å². The number of ether oxygens (including phenoxy) is 2. The van der Waals surface area contributed by atoms with Gasteiger partial charge < -0.3 is 20.5 Å². The van der Waals surface area contributed by atoms with E-state index >= 15 is 0 Å². The first-order chi connectivity index (χ1) is 9.76. The highest BCUT2D eigenvalue weighted by Crippen LogP contribution is 2.26. The Bertz CT molecular complexity index is 489. The van der Waals surface area contributed by atoms with E-state index in [4.69, 9.17) is 26.8 Å². The summed E-state index contributed by atoms with van der Waals surface area (Å²) in [4.78, 5) is 15.7. The Morgan fingerprint density at radius 2 is 2.19 bits per heavy atom. The zero-order chi connectivity index (χ0) is 16.0. The molecule has 0 radical (unpaired) electrons. The Morgan fingerprint density at radius 3 is 2.71 bits per heavy atom. The van der Waals surface area contributed by atoms with Gasteiger partial charge in [0.2, 0.25) is 5.88 Å². The lowest BCUT2D eigenvalue weighted by atomic mass is 10.0. The fourth-order valence-electron chi connectivity index (χ4n) is 1.70. The third-order valence-corrected chi connectivity index (χ3v) is 3.00. The molecule has 1 aromatic rings. The van der Waals surface area contributed by atoms with Crippen molar-refractivity contribution in [3.63, 3.8) is 0 Å². The van der Waals surface area contributed by atoms with Gasteiger partial charge in [-0.3, -0.25) is 0 Å². The van der Waals surface area contributed by atoms with Gasteiger partial charge in [-0.15, -0.1) is 0 Å². The van der Waals surface area contributed by atoms with Gasteiger partial charge in [0, 0.05) is 31.3 Å². The van der Waals surface area contributed by atoms with Crippen molar-refractivity contribution >= 4 is 17.7 Å². The minimum Gasteiger partial charge on any atom is -0.481 e. The van der Waals surface area contributed by atoms with Gasteiger partial charge in [-0.1, -0.05) is 11.6 Å². The van der Waals surface area contributed by atoms with Gasteiger partial charge in [0.05, 0.1) is 12.1 Å². The van der Waals surface area contributed by atoms with Crippen molar-refractivity contribution < 1.29 is 14.3 Å². The molecule has 1 aromatic heterocycles. The first-order valence-electron chi connectivity index (χ1n) is 6.63. The monoisotopic (exact) mass is 315 g/mol. The van der Waals surface area contributed by atoms with Gasteiger partial charge in [0.25, 0.3) is 0 Å². The number of hydrogen-bond acceptors (Lipinski definition) is 5. The molecule has 0 saturated heterocycles. The normalized spacial score (nSPS) is 12.7. The molecule has 0 spiro atoms. The van der Waals surface area contributed by atoms with Crippen LogP contribution in [0.25, 0.3) is 0 Å². The molecule has 7 heteroatoms. The van der Waals surface area contributed by atoms with Crippen molar-refractivity contribution in [2.24, 2.45) is 5.73 Å². The van der Waals surface area contributed by atoms with Crippen LogP contribution in [-0.2, 0) is 4.74 Å². The number of hydrogen-bond donors (Lipinski definition) is 2. The summed E-state index contributed by atoms with van der Waals surface area (Å²) in [6.07, 6.45) is 1.02. The molecule has 6 nitrogen and oxygen atoms in total. The number of aromatic nitrogens is 1. The number of nitrogens with two attached hydrogens (primary N) is 1. The number of nitrogens with one attached hydrogen (secondary N) is 1. The van der Waals surface area contributed by atoms with Crippen molar-refractivity contribution in [2.75, 3.05) is 20.2 Å². The SMILES string of the molecule is COc1cc(C(CN)CNC(=O)OC(C)(C)C)c(Cl)cn1. The van der Waals surface area contributed by atoms with Crippen molar-refractivity contribution in [2.45, 2.75) is 32.3 Å². The maximum atomic E-state index is 11.7. The quantitative estimate of drug-likeness (QED) is 0.870. The van der Waals surface area contributed by atoms with E-state index in [9.17, 15) is 4.79 Å². The Morgan fingerprint density at radius 1 is 1.52 bits per heavy atom. The van der Waals surface area contributed by atoms with Gasteiger partial charge in [-0.2, -0.15) is 0 Å². The van der Waals surface area contributed by atoms with Crippen molar-refractivity contribution in [1.29, 1.82) is 0 Å². The lowest BCUT2D eigenvalue weighted by Crippen LogP contribution is -2.36. The molecule has 0 aliphatic rings. The van der Waals surface area contributed by atoms with Crippen LogP contribution in [0, 0.1) is 0 Å². The second kappa shape index (κ2) is 7.47. The standard InChI is InChI=1S/C14H22ClN3O3/c1-14(2,3)21-13(19)18-7-9(6-16)10-5-12(20-4)17-8-11(10)15/h5,8-9H,6-7,16H2,1-4H3,(H,18,19). The lowest BCUT2D eigenvalue weighted by molar-refractivity contribution is 0.0525. The minimum atomic E-state index is -0.542. The molecule has 0 aromatic carbocycles. The lowest BCUT2D eigenvalue weighted by Gasteiger charge is -2.22. The third-order valence-electron chi connectivity index (χ3n) is 2.69. The Hall–Kier alpha value is -1.53. The van der Waals surface area contributed by atoms with Crippen LogP contribution in [-0.4, -0.2) is 36.9 Å². The number of pyridine rings is 1. The van der Waals surface area contributed by atoms with Crippen LogP contribution in [0.2, 0.25) is 5.02 Å². The molecule has 118 valence electrons. The van der Waals surface area contributed by atoms with E-state index in [0.717, 1.165) is 5.56 Å². The first-order valence-corrected chi connectivity index (χ1v) is 7.01. The second-order valence-corrected chi connectivity index (χ2v) is 5.97. The molecule has 0 aliphatic heterocycles. The van der Waals surface area contributed by atoms with Crippen LogP contribution >= 0.6 is 11.6 Å². The summed E-state index contributed by atoms with van der Waals surface area (Å²) in [5, 5.41) is 3.18.